The highest BCUT2D eigenvalue weighted by atomic mass is 35.5. The first kappa shape index (κ1) is 16.8. The lowest BCUT2D eigenvalue weighted by atomic mass is 9.87. The molecule has 1 aliphatic rings. The van der Waals surface area contributed by atoms with E-state index in [1.807, 2.05) is 0 Å². The number of benzene rings is 1. The van der Waals surface area contributed by atoms with Crippen LogP contribution in [-0.2, 0) is 9.84 Å². The van der Waals surface area contributed by atoms with Gasteiger partial charge in [0.2, 0.25) is 0 Å². The van der Waals surface area contributed by atoms with Gasteiger partial charge in [-0.05, 0) is 40.9 Å². The average Bonchev–Trinajstić information content (AvgIpc) is 2.77. The summed E-state index contributed by atoms with van der Waals surface area (Å²) in [5, 5.41) is -0.208. The van der Waals surface area contributed by atoms with Gasteiger partial charge in [-0.1, -0.05) is 45.9 Å². The van der Waals surface area contributed by atoms with Crippen LogP contribution in [0.2, 0.25) is 0 Å². The van der Waals surface area contributed by atoms with E-state index in [4.69, 9.17) is 11.6 Å². The Morgan fingerprint density at radius 1 is 1.10 bits per heavy atom. The van der Waals surface area contributed by atoms with Crippen molar-refractivity contribution in [2.75, 3.05) is 11.5 Å². The summed E-state index contributed by atoms with van der Waals surface area (Å²) < 4.78 is 23.4. The van der Waals surface area contributed by atoms with Crippen LogP contribution in [0.3, 0.4) is 0 Å². The van der Waals surface area contributed by atoms with E-state index in [1.54, 1.807) is 0 Å². The summed E-state index contributed by atoms with van der Waals surface area (Å²) in [6.45, 7) is 8.69. The maximum Gasteiger partial charge on any atom is 0.150 e. The zero-order valence-corrected chi connectivity index (χ0v) is 14.8. The lowest BCUT2D eigenvalue weighted by molar-refractivity contribution is 0.564. The van der Waals surface area contributed by atoms with Crippen LogP contribution in [0.1, 0.15) is 68.0 Å². The van der Waals surface area contributed by atoms with Crippen LogP contribution >= 0.6 is 11.6 Å². The second-order valence-electron chi connectivity index (χ2n) is 6.76. The first-order valence-corrected chi connectivity index (χ1v) is 9.95. The Labute approximate surface area is 133 Å². The molecule has 1 aliphatic heterocycles. The molecule has 118 valence electrons. The molecular formula is C17H25ClO2S. The van der Waals surface area contributed by atoms with Crippen LogP contribution in [0.4, 0.5) is 0 Å². The summed E-state index contributed by atoms with van der Waals surface area (Å²) >= 11 is 6.66. The Bertz CT molecular complexity index is 605. The van der Waals surface area contributed by atoms with E-state index in [0.717, 1.165) is 5.56 Å². The van der Waals surface area contributed by atoms with Crippen LogP contribution in [0.25, 0.3) is 0 Å². The molecule has 21 heavy (non-hydrogen) atoms. The van der Waals surface area contributed by atoms with Crippen molar-refractivity contribution in [2.24, 2.45) is 5.92 Å². The third-order valence-electron chi connectivity index (χ3n) is 4.38. The number of hydrogen-bond acceptors (Lipinski definition) is 2. The lowest BCUT2D eigenvalue weighted by Gasteiger charge is -2.23. The summed E-state index contributed by atoms with van der Waals surface area (Å²) in [6.07, 6.45) is 0.681. The monoisotopic (exact) mass is 328 g/mol. The molecule has 0 aliphatic carbocycles. The Morgan fingerprint density at radius 2 is 1.76 bits per heavy atom. The minimum atomic E-state index is -2.89. The zero-order chi connectivity index (χ0) is 15.8. The number of sulfone groups is 1. The van der Waals surface area contributed by atoms with Gasteiger partial charge in [0, 0.05) is 0 Å². The van der Waals surface area contributed by atoms with Gasteiger partial charge in [0.25, 0.3) is 0 Å². The van der Waals surface area contributed by atoms with Gasteiger partial charge in [-0.15, -0.1) is 11.6 Å². The van der Waals surface area contributed by atoms with Crippen LogP contribution in [-0.4, -0.2) is 19.9 Å². The molecule has 1 fully saturated rings. The van der Waals surface area contributed by atoms with Crippen molar-refractivity contribution in [1.82, 2.24) is 0 Å². The fourth-order valence-electron chi connectivity index (χ4n) is 3.01. The maximum atomic E-state index is 11.7. The van der Waals surface area contributed by atoms with Gasteiger partial charge >= 0.3 is 0 Å². The first-order chi connectivity index (χ1) is 9.71. The van der Waals surface area contributed by atoms with Crippen molar-refractivity contribution < 1.29 is 8.42 Å². The topological polar surface area (TPSA) is 34.1 Å². The summed E-state index contributed by atoms with van der Waals surface area (Å²) in [5.74, 6) is 1.42. The minimum absolute atomic E-state index is 0.0408. The molecule has 2 rings (SSSR count). The van der Waals surface area contributed by atoms with E-state index in [9.17, 15) is 8.42 Å². The molecule has 2 unspecified atom stereocenters. The van der Waals surface area contributed by atoms with Gasteiger partial charge in [0.15, 0.2) is 9.84 Å². The molecule has 1 aromatic carbocycles. The molecule has 1 aromatic rings. The van der Waals surface area contributed by atoms with E-state index in [0.29, 0.717) is 18.3 Å². The van der Waals surface area contributed by atoms with E-state index in [1.165, 1.54) is 11.1 Å². The third kappa shape index (κ3) is 3.81. The quantitative estimate of drug-likeness (QED) is 0.754. The fraction of sp³-hybridized carbons (Fsp3) is 0.647. The predicted molar refractivity (Wildman–Crippen MR) is 90.0 cm³/mol. The Hall–Kier alpha value is -0.540. The molecule has 1 saturated heterocycles. The highest BCUT2D eigenvalue weighted by molar-refractivity contribution is 7.91. The molecular weight excluding hydrogens is 304 g/mol. The lowest BCUT2D eigenvalue weighted by Crippen LogP contribution is -2.13. The van der Waals surface area contributed by atoms with Crippen LogP contribution < -0.4 is 0 Å². The second kappa shape index (κ2) is 6.29. The normalized spacial score (nSPS) is 22.9. The number of halogens is 1. The number of hydrogen-bond donors (Lipinski definition) is 0. The Balaban J connectivity index is 2.34. The Kier molecular flexibility index (Phi) is 5.04. The average molecular weight is 329 g/mol. The predicted octanol–water partition coefficient (Wildman–Crippen LogP) is 4.65. The molecule has 4 heteroatoms. The van der Waals surface area contributed by atoms with Gasteiger partial charge in [-0.3, -0.25) is 0 Å². The van der Waals surface area contributed by atoms with Crippen molar-refractivity contribution in [2.45, 2.75) is 51.3 Å². The molecule has 1 heterocycles. The van der Waals surface area contributed by atoms with Crippen molar-refractivity contribution >= 4 is 21.4 Å². The van der Waals surface area contributed by atoms with Crippen LogP contribution in [0.15, 0.2) is 18.2 Å². The van der Waals surface area contributed by atoms with Crippen molar-refractivity contribution in [1.29, 1.82) is 0 Å². The SMILES string of the molecule is CC(C)c1ccc(C(Cl)C2CCS(=O)(=O)C2)c(C(C)C)c1. The van der Waals surface area contributed by atoms with Crippen LogP contribution in [0, 0.1) is 5.92 Å². The van der Waals surface area contributed by atoms with E-state index in [-0.39, 0.29) is 22.8 Å². The molecule has 0 N–H and O–H groups in total. The minimum Gasteiger partial charge on any atom is -0.229 e. The molecule has 0 amide bonds. The van der Waals surface area contributed by atoms with Gasteiger partial charge in [-0.2, -0.15) is 0 Å². The first-order valence-electron chi connectivity index (χ1n) is 7.69. The largest absolute Gasteiger partial charge is 0.229 e. The molecule has 0 bridgehead atoms. The highest BCUT2D eigenvalue weighted by Crippen LogP contribution is 2.40. The van der Waals surface area contributed by atoms with Crippen molar-refractivity contribution in [3.05, 3.63) is 34.9 Å². The number of alkyl halides is 1. The number of rotatable bonds is 4. The van der Waals surface area contributed by atoms with E-state index in [2.05, 4.69) is 45.9 Å². The standard InChI is InChI=1S/C17H25ClO2S/c1-11(2)13-5-6-15(16(9-13)12(3)4)17(18)14-7-8-21(19,20)10-14/h5-6,9,11-12,14,17H,7-8,10H2,1-4H3. The molecule has 0 spiro atoms. The van der Waals surface area contributed by atoms with E-state index < -0.39 is 9.84 Å². The van der Waals surface area contributed by atoms with Gasteiger partial charge in [0.1, 0.15) is 0 Å². The van der Waals surface area contributed by atoms with E-state index >= 15 is 0 Å². The molecule has 0 aromatic heterocycles. The smallest absolute Gasteiger partial charge is 0.150 e. The van der Waals surface area contributed by atoms with Gasteiger partial charge < -0.3 is 0 Å². The Morgan fingerprint density at radius 3 is 2.24 bits per heavy atom. The zero-order valence-electron chi connectivity index (χ0n) is 13.3. The highest BCUT2D eigenvalue weighted by Gasteiger charge is 2.34. The molecule has 2 nitrogen and oxygen atoms in total. The summed E-state index contributed by atoms with van der Waals surface area (Å²) in [5.41, 5.74) is 3.68. The second-order valence-corrected chi connectivity index (χ2v) is 9.46. The molecule has 0 radical (unpaired) electrons. The molecule has 0 saturated carbocycles. The fourth-order valence-corrected chi connectivity index (χ4v) is 5.37. The summed E-state index contributed by atoms with van der Waals surface area (Å²) in [6, 6.07) is 6.47. The molecule has 2 atom stereocenters. The summed E-state index contributed by atoms with van der Waals surface area (Å²) in [4.78, 5) is 0. The van der Waals surface area contributed by atoms with Crippen LogP contribution in [0.5, 0.6) is 0 Å². The van der Waals surface area contributed by atoms with Crippen molar-refractivity contribution in [3.8, 4) is 0 Å². The van der Waals surface area contributed by atoms with Crippen molar-refractivity contribution in [3.63, 3.8) is 0 Å². The van der Waals surface area contributed by atoms with Gasteiger partial charge in [0.05, 0.1) is 16.9 Å². The van der Waals surface area contributed by atoms with Gasteiger partial charge in [-0.25, -0.2) is 8.42 Å². The third-order valence-corrected chi connectivity index (χ3v) is 6.76. The maximum absolute atomic E-state index is 11.7. The summed E-state index contributed by atoms with van der Waals surface area (Å²) in [7, 11) is -2.89.